The predicted molar refractivity (Wildman–Crippen MR) is 110 cm³/mol. The SMILES string of the molecule is Cn1cc(/C=C/C(=O)N2CCC(c3nccnc3Nc3ccccn3)CC2)cn1. The molecule has 0 spiro atoms. The minimum absolute atomic E-state index is 0.0262. The van der Waals surface area contributed by atoms with E-state index in [0.717, 1.165) is 35.7 Å². The molecule has 1 aliphatic heterocycles. The van der Waals surface area contributed by atoms with E-state index >= 15 is 0 Å². The van der Waals surface area contributed by atoms with Crippen molar-refractivity contribution in [2.24, 2.45) is 7.05 Å². The number of carbonyl (C=O) groups excluding carboxylic acids is 1. The molecule has 0 atom stereocenters. The van der Waals surface area contributed by atoms with Gasteiger partial charge in [-0.1, -0.05) is 6.07 Å². The van der Waals surface area contributed by atoms with Gasteiger partial charge in [-0.3, -0.25) is 14.5 Å². The quantitative estimate of drug-likeness (QED) is 0.675. The summed E-state index contributed by atoms with van der Waals surface area (Å²) >= 11 is 0. The molecule has 1 aliphatic rings. The Kier molecular flexibility index (Phi) is 5.60. The Morgan fingerprint density at radius 1 is 1.14 bits per heavy atom. The first-order chi connectivity index (χ1) is 14.2. The van der Waals surface area contributed by atoms with Crippen LogP contribution in [0.25, 0.3) is 6.08 Å². The highest BCUT2D eigenvalue weighted by Crippen LogP contribution is 2.31. The van der Waals surface area contributed by atoms with Gasteiger partial charge < -0.3 is 10.2 Å². The summed E-state index contributed by atoms with van der Waals surface area (Å²) in [5.41, 5.74) is 1.84. The summed E-state index contributed by atoms with van der Waals surface area (Å²) in [5, 5.41) is 7.37. The Labute approximate surface area is 169 Å². The number of nitrogens with zero attached hydrogens (tertiary/aromatic N) is 6. The molecule has 3 aromatic rings. The van der Waals surface area contributed by atoms with Crippen molar-refractivity contribution >= 4 is 23.6 Å². The Bertz CT molecular complexity index is 991. The number of rotatable bonds is 5. The van der Waals surface area contributed by atoms with E-state index in [-0.39, 0.29) is 11.8 Å². The van der Waals surface area contributed by atoms with E-state index in [4.69, 9.17) is 0 Å². The van der Waals surface area contributed by atoms with Crippen molar-refractivity contribution in [1.82, 2.24) is 29.6 Å². The smallest absolute Gasteiger partial charge is 0.246 e. The van der Waals surface area contributed by atoms with E-state index in [2.05, 4.69) is 25.4 Å². The van der Waals surface area contributed by atoms with E-state index in [1.54, 1.807) is 41.6 Å². The number of hydrogen-bond donors (Lipinski definition) is 1. The molecule has 0 aliphatic carbocycles. The number of pyridine rings is 1. The van der Waals surface area contributed by atoms with Crippen molar-refractivity contribution in [3.8, 4) is 0 Å². The zero-order valence-electron chi connectivity index (χ0n) is 16.3. The van der Waals surface area contributed by atoms with Gasteiger partial charge in [0.2, 0.25) is 5.91 Å². The van der Waals surface area contributed by atoms with Gasteiger partial charge in [0, 0.05) is 62.5 Å². The summed E-state index contributed by atoms with van der Waals surface area (Å²) in [6, 6.07) is 5.70. The monoisotopic (exact) mass is 389 g/mol. The largest absolute Gasteiger partial charge is 0.339 e. The van der Waals surface area contributed by atoms with Crippen molar-refractivity contribution in [1.29, 1.82) is 0 Å². The predicted octanol–water partition coefficient (Wildman–Crippen LogP) is 2.77. The molecule has 0 saturated carbocycles. The van der Waals surface area contributed by atoms with Gasteiger partial charge in [-0.05, 0) is 31.1 Å². The fourth-order valence-corrected chi connectivity index (χ4v) is 3.47. The molecule has 4 heterocycles. The molecule has 8 heteroatoms. The standard InChI is InChI=1S/C21H23N7O/c1-27-15-16(14-25-27)5-6-19(29)28-12-7-17(8-13-28)20-21(24-11-10-23-20)26-18-4-2-3-9-22-18/h2-6,9-11,14-15,17H,7-8,12-13H2,1H3,(H,22,24,26)/b6-5+. The highest BCUT2D eigenvalue weighted by atomic mass is 16.2. The molecule has 8 nitrogen and oxygen atoms in total. The highest BCUT2D eigenvalue weighted by Gasteiger charge is 2.26. The number of piperidine rings is 1. The van der Waals surface area contributed by atoms with Gasteiger partial charge in [0.25, 0.3) is 0 Å². The Morgan fingerprint density at radius 3 is 2.69 bits per heavy atom. The summed E-state index contributed by atoms with van der Waals surface area (Å²) < 4.78 is 1.72. The molecule has 0 bridgehead atoms. The van der Waals surface area contributed by atoms with Gasteiger partial charge in [-0.25, -0.2) is 9.97 Å². The molecule has 4 rings (SSSR count). The van der Waals surface area contributed by atoms with Gasteiger partial charge >= 0.3 is 0 Å². The zero-order chi connectivity index (χ0) is 20.1. The lowest BCUT2D eigenvalue weighted by Gasteiger charge is -2.31. The van der Waals surface area contributed by atoms with Gasteiger partial charge in [0.1, 0.15) is 5.82 Å². The second-order valence-corrected chi connectivity index (χ2v) is 7.01. The third-order valence-electron chi connectivity index (χ3n) is 4.97. The van der Waals surface area contributed by atoms with E-state index in [9.17, 15) is 4.79 Å². The molecule has 0 unspecified atom stereocenters. The minimum Gasteiger partial charge on any atom is -0.339 e. The van der Waals surface area contributed by atoms with Crippen molar-refractivity contribution in [2.75, 3.05) is 18.4 Å². The van der Waals surface area contributed by atoms with Gasteiger partial charge in [0.15, 0.2) is 5.82 Å². The molecule has 0 aromatic carbocycles. The van der Waals surface area contributed by atoms with E-state index in [1.807, 2.05) is 36.3 Å². The van der Waals surface area contributed by atoms with Crippen LogP contribution >= 0.6 is 0 Å². The van der Waals surface area contributed by atoms with Crippen LogP contribution in [0, 0.1) is 0 Å². The molecule has 1 saturated heterocycles. The molecular weight excluding hydrogens is 366 g/mol. The lowest BCUT2D eigenvalue weighted by Crippen LogP contribution is -2.37. The number of likely N-dealkylation sites (tertiary alicyclic amines) is 1. The number of anilines is 2. The third kappa shape index (κ3) is 4.66. The lowest BCUT2D eigenvalue weighted by molar-refractivity contribution is -0.126. The maximum atomic E-state index is 12.5. The highest BCUT2D eigenvalue weighted by molar-refractivity contribution is 5.91. The minimum atomic E-state index is 0.0262. The molecular formula is C21H23N7O. The summed E-state index contributed by atoms with van der Waals surface area (Å²) in [6.45, 7) is 1.39. The van der Waals surface area contributed by atoms with Crippen molar-refractivity contribution in [3.63, 3.8) is 0 Å². The second kappa shape index (κ2) is 8.64. The van der Waals surface area contributed by atoms with Crippen LogP contribution in [0.3, 0.4) is 0 Å². The van der Waals surface area contributed by atoms with Crippen LogP contribution in [-0.2, 0) is 11.8 Å². The number of carbonyl (C=O) groups is 1. The van der Waals surface area contributed by atoms with Crippen LogP contribution in [0.4, 0.5) is 11.6 Å². The second-order valence-electron chi connectivity index (χ2n) is 7.01. The normalized spacial score (nSPS) is 15.0. The molecule has 1 amide bonds. The number of aromatic nitrogens is 5. The maximum absolute atomic E-state index is 12.5. The van der Waals surface area contributed by atoms with Gasteiger partial charge in [-0.2, -0.15) is 5.10 Å². The molecule has 1 fully saturated rings. The topological polar surface area (TPSA) is 88.8 Å². The Morgan fingerprint density at radius 2 is 1.97 bits per heavy atom. The Hall–Kier alpha value is -3.55. The Balaban J connectivity index is 1.38. The zero-order valence-corrected chi connectivity index (χ0v) is 16.3. The van der Waals surface area contributed by atoms with Crippen LogP contribution < -0.4 is 5.32 Å². The van der Waals surface area contributed by atoms with Crippen LogP contribution in [0.2, 0.25) is 0 Å². The summed E-state index contributed by atoms with van der Waals surface area (Å²) in [7, 11) is 1.85. The van der Waals surface area contributed by atoms with Crippen molar-refractivity contribution < 1.29 is 4.79 Å². The van der Waals surface area contributed by atoms with Crippen LogP contribution in [0.5, 0.6) is 0 Å². The average molecular weight is 389 g/mol. The first-order valence-corrected chi connectivity index (χ1v) is 9.63. The number of aryl methyl sites for hydroxylation is 1. The molecule has 148 valence electrons. The summed E-state index contributed by atoms with van der Waals surface area (Å²) in [4.78, 5) is 27.7. The summed E-state index contributed by atoms with van der Waals surface area (Å²) in [6.07, 6.45) is 13.9. The van der Waals surface area contributed by atoms with Crippen LogP contribution in [0.1, 0.15) is 30.0 Å². The van der Waals surface area contributed by atoms with Crippen LogP contribution in [0.15, 0.2) is 55.3 Å². The van der Waals surface area contributed by atoms with Gasteiger partial charge in [0.05, 0.1) is 11.9 Å². The van der Waals surface area contributed by atoms with Crippen molar-refractivity contribution in [2.45, 2.75) is 18.8 Å². The molecule has 29 heavy (non-hydrogen) atoms. The van der Waals surface area contributed by atoms with Gasteiger partial charge in [-0.15, -0.1) is 0 Å². The van der Waals surface area contributed by atoms with E-state index in [0.29, 0.717) is 13.1 Å². The van der Waals surface area contributed by atoms with E-state index in [1.165, 1.54) is 0 Å². The first kappa shape index (κ1) is 18.8. The number of hydrogen-bond acceptors (Lipinski definition) is 6. The number of nitrogens with one attached hydrogen (secondary N) is 1. The average Bonchev–Trinajstić information content (AvgIpc) is 3.18. The molecule has 3 aromatic heterocycles. The van der Waals surface area contributed by atoms with E-state index < -0.39 is 0 Å². The number of amides is 1. The van der Waals surface area contributed by atoms with Crippen molar-refractivity contribution in [3.05, 3.63) is 66.5 Å². The fraction of sp³-hybridized carbons (Fsp3) is 0.286. The maximum Gasteiger partial charge on any atom is 0.246 e. The molecule has 1 N–H and O–H groups in total. The lowest BCUT2D eigenvalue weighted by atomic mass is 9.93. The first-order valence-electron chi connectivity index (χ1n) is 9.63. The van der Waals surface area contributed by atoms with Crippen LogP contribution in [-0.4, -0.2) is 48.6 Å². The third-order valence-corrected chi connectivity index (χ3v) is 4.97. The summed E-state index contributed by atoms with van der Waals surface area (Å²) in [5.74, 6) is 1.74. The fourth-order valence-electron chi connectivity index (χ4n) is 3.47. The molecule has 0 radical (unpaired) electrons.